The monoisotopic (exact) mass is 272 g/mol. The van der Waals surface area contributed by atoms with Crippen LogP contribution in [0.15, 0.2) is 18.6 Å². The molecule has 0 amide bonds. The zero-order valence-corrected chi connectivity index (χ0v) is 12.0. The van der Waals surface area contributed by atoms with Crippen LogP contribution in [0, 0.1) is 6.92 Å². The van der Waals surface area contributed by atoms with E-state index in [-0.39, 0.29) is 0 Å². The first kappa shape index (κ1) is 13.1. The molecule has 0 atom stereocenters. The van der Waals surface area contributed by atoms with E-state index < -0.39 is 0 Å². The summed E-state index contributed by atoms with van der Waals surface area (Å²) in [6, 6.07) is 2.21. The van der Waals surface area contributed by atoms with E-state index in [1.165, 1.54) is 11.1 Å². The second-order valence-corrected chi connectivity index (χ2v) is 5.13. The predicted molar refractivity (Wildman–Crippen MR) is 77.4 cm³/mol. The fourth-order valence-corrected chi connectivity index (χ4v) is 2.57. The van der Waals surface area contributed by atoms with Crippen LogP contribution in [0.4, 0.5) is 5.82 Å². The second kappa shape index (κ2) is 5.58. The number of nitrogens with zero attached hydrogens (tertiary/aromatic N) is 5. The first-order chi connectivity index (χ1) is 9.78. The highest BCUT2D eigenvalue weighted by atomic mass is 15.3. The Bertz CT molecular complexity index is 591. The summed E-state index contributed by atoms with van der Waals surface area (Å²) in [7, 11) is 0. The standard InChI is InChI=1S/C14H20N6/c1-3-15-7-12-6-11(2)14(16-8-12)19-4-5-20-10-17-18-13(20)9-19/h6,8,10,15H,3-5,7,9H2,1-2H3. The lowest BCUT2D eigenvalue weighted by Crippen LogP contribution is -2.34. The minimum atomic E-state index is 0.778. The summed E-state index contributed by atoms with van der Waals surface area (Å²) in [5, 5.41) is 11.4. The first-order valence-corrected chi connectivity index (χ1v) is 7.06. The number of hydrogen-bond acceptors (Lipinski definition) is 5. The third kappa shape index (κ3) is 2.51. The van der Waals surface area contributed by atoms with Crippen LogP contribution >= 0.6 is 0 Å². The second-order valence-electron chi connectivity index (χ2n) is 5.13. The van der Waals surface area contributed by atoms with Gasteiger partial charge in [-0.15, -0.1) is 10.2 Å². The number of anilines is 1. The molecule has 2 aromatic heterocycles. The van der Waals surface area contributed by atoms with E-state index >= 15 is 0 Å². The van der Waals surface area contributed by atoms with Gasteiger partial charge in [-0.05, 0) is 30.7 Å². The van der Waals surface area contributed by atoms with Crippen LogP contribution in [0.2, 0.25) is 0 Å². The lowest BCUT2D eigenvalue weighted by Gasteiger charge is -2.29. The van der Waals surface area contributed by atoms with E-state index in [4.69, 9.17) is 0 Å². The molecule has 0 saturated carbocycles. The van der Waals surface area contributed by atoms with Gasteiger partial charge in [-0.1, -0.05) is 6.92 Å². The van der Waals surface area contributed by atoms with Crippen molar-refractivity contribution in [1.82, 2.24) is 25.1 Å². The van der Waals surface area contributed by atoms with Gasteiger partial charge in [0.05, 0.1) is 6.54 Å². The van der Waals surface area contributed by atoms with Crippen molar-refractivity contribution in [3.05, 3.63) is 35.5 Å². The van der Waals surface area contributed by atoms with Gasteiger partial charge in [-0.25, -0.2) is 4.98 Å². The Morgan fingerprint density at radius 3 is 3.05 bits per heavy atom. The summed E-state index contributed by atoms with van der Waals surface area (Å²) >= 11 is 0. The molecule has 3 heterocycles. The van der Waals surface area contributed by atoms with Gasteiger partial charge in [0.2, 0.25) is 0 Å². The molecule has 6 nitrogen and oxygen atoms in total. The highest BCUT2D eigenvalue weighted by Crippen LogP contribution is 2.22. The van der Waals surface area contributed by atoms with Crippen molar-refractivity contribution in [2.45, 2.75) is 33.5 Å². The summed E-state index contributed by atoms with van der Waals surface area (Å²) in [5.74, 6) is 2.06. The van der Waals surface area contributed by atoms with Crippen molar-refractivity contribution >= 4 is 5.82 Å². The van der Waals surface area contributed by atoms with E-state index in [2.05, 4.69) is 49.9 Å². The summed E-state index contributed by atoms with van der Waals surface area (Å²) in [5.41, 5.74) is 2.45. The predicted octanol–water partition coefficient (Wildman–Crippen LogP) is 1.11. The largest absolute Gasteiger partial charge is 0.347 e. The summed E-state index contributed by atoms with van der Waals surface area (Å²) in [6.45, 7) is 8.73. The van der Waals surface area contributed by atoms with Crippen LogP contribution in [0.1, 0.15) is 23.9 Å². The minimum absolute atomic E-state index is 0.778. The average Bonchev–Trinajstić information content (AvgIpc) is 2.92. The molecule has 0 fully saturated rings. The molecular formula is C14H20N6. The lowest BCUT2D eigenvalue weighted by atomic mass is 10.2. The number of fused-ring (bicyclic) bond motifs is 1. The maximum atomic E-state index is 4.64. The lowest BCUT2D eigenvalue weighted by molar-refractivity contribution is 0.555. The molecule has 6 heteroatoms. The Hall–Kier alpha value is -1.95. The van der Waals surface area contributed by atoms with E-state index in [1.807, 2.05) is 6.20 Å². The Labute approximate surface area is 118 Å². The molecule has 0 unspecified atom stereocenters. The molecule has 0 aliphatic carbocycles. The van der Waals surface area contributed by atoms with Crippen LogP contribution in [-0.2, 0) is 19.6 Å². The van der Waals surface area contributed by atoms with Crippen LogP contribution in [0.3, 0.4) is 0 Å². The van der Waals surface area contributed by atoms with Gasteiger partial charge < -0.3 is 14.8 Å². The van der Waals surface area contributed by atoms with Gasteiger partial charge in [-0.2, -0.15) is 0 Å². The number of rotatable bonds is 4. The first-order valence-electron chi connectivity index (χ1n) is 7.06. The molecule has 1 aliphatic heterocycles. The van der Waals surface area contributed by atoms with Crippen molar-refractivity contribution in [2.75, 3.05) is 18.0 Å². The van der Waals surface area contributed by atoms with Crippen molar-refractivity contribution < 1.29 is 0 Å². The zero-order valence-electron chi connectivity index (χ0n) is 12.0. The molecule has 0 saturated heterocycles. The van der Waals surface area contributed by atoms with Crippen LogP contribution in [0.25, 0.3) is 0 Å². The molecule has 3 rings (SSSR count). The minimum Gasteiger partial charge on any atom is -0.347 e. The third-order valence-electron chi connectivity index (χ3n) is 3.62. The number of nitrogens with one attached hydrogen (secondary N) is 1. The number of hydrogen-bond donors (Lipinski definition) is 1. The smallest absolute Gasteiger partial charge is 0.152 e. The topological polar surface area (TPSA) is 58.9 Å². The summed E-state index contributed by atoms with van der Waals surface area (Å²) in [6.07, 6.45) is 3.76. The van der Waals surface area contributed by atoms with E-state index in [0.717, 1.165) is 44.4 Å². The number of aromatic nitrogens is 4. The van der Waals surface area contributed by atoms with Crippen molar-refractivity contribution in [3.63, 3.8) is 0 Å². The van der Waals surface area contributed by atoms with E-state index in [9.17, 15) is 0 Å². The van der Waals surface area contributed by atoms with Crippen molar-refractivity contribution in [3.8, 4) is 0 Å². The summed E-state index contributed by atoms with van der Waals surface area (Å²) in [4.78, 5) is 6.91. The van der Waals surface area contributed by atoms with Crippen LogP contribution < -0.4 is 10.2 Å². The average molecular weight is 272 g/mol. The van der Waals surface area contributed by atoms with E-state index in [0.29, 0.717) is 0 Å². The number of aryl methyl sites for hydroxylation is 1. The van der Waals surface area contributed by atoms with Crippen LogP contribution in [-0.4, -0.2) is 32.8 Å². The maximum absolute atomic E-state index is 4.64. The fraction of sp³-hybridized carbons (Fsp3) is 0.500. The van der Waals surface area contributed by atoms with Gasteiger partial charge >= 0.3 is 0 Å². The molecule has 106 valence electrons. The van der Waals surface area contributed by atoms with Gasteiger partial charge in [-0.3, -0.25) is 0 Å². The van der Waals surface area contributed by atoms with Gasteiger partial charge in [0.1, 0.15) is 12.1 Å². The molecule has 0 aromatic carbocycles. The number of pyridine rings is 1. The summed E-state index contributed by atoms with van der Waals surface area (Å²) < 4.78 is 2.10. The highest BCUT2D eigenvalue weighted by Gasteiger charge is 2.19. The Morgan fingerprint density at radius 2 is 2.25 bits per heavy atom. The zero-order chi connectivity index (χ0) is 13.9. The van der Waals surface area contributed by atoms with Crippen molar-refractivity contribution in [1.29, 1.82) is 0 Å². The third-order valence-corrected chi connectivity index (χ3v) is 3.62. The molecule has 0 bridgehead atoms. The highest BCUT2D eigenvalue weighted by molar-refractivity contribution is 5.47. The Morgan fingerprint density at radius 1 is 1.35 bits per heavy atom. The van der Waals surface area contributed by atoms with E-state index in [1.54, 1.807) is 6.33 Å². The Balaban J connectivity index is 1.78. The van der Waals surface area contributed by atoms with Gasteiger partial charge in [0.25, 0.3) is 0 Å². The quantitative estimate of drug-likeness (QED) is 0.903. The molecular weight excluding hydrogens is 252 g/mol. The van der Waals surface area contributed by atoms with Gasteiger partial charge in [0.15, 0.2) is 5.82 Å². The molecule has 1 N–H and O–H groups in total. The normalized spacial score (nSPS) is 14.4. The fourth-order valence-electron chi connectivity index (χ4n) is 2.57. The maximum Gasteiger partial charge on any atom is 0.152 e. The Kier molecular flexibility index (Phi) is 3.64. The SMILES string of the molecule is CCNCc1cnc(N2CCn3cnnc3C2)c(C)c1. The van der Waals surface area contributed by atoms with Crippen molar-refractivity contribution in [2.24, 2.45) is 0 Å². The molecule has 0 radical (unpaired) electrons. The van der Waals surface area contributed by atoms with Gasteiger partial charge in [0, 0.05) is 25.8 Å². The molecule has 2 aromatic rings. The van der Waals surface area contributed by atoms with Crippen LogP contribution in [0.5, 0.6) is 0 Å². The molecule has 0 spiro atoms. The molecule has 20 heavy (non-hydrogen) atoms. The molecule has 1 aliphatic rings.